The first-order chi connectivity index (χ1) is 6.84. The van der Waals surface area contributed by atoms with E-state index in [2.05, 4.69) is 15.5 Å². The number of nitrogens with zero attached hydrogens (tertiary/aromatic N) is 2. The van der Waals surface area contributed by atoms with E-state index in [1.807, 2.05) is 17.8 Å². The van der Waals surface area contributed by atoms with Gasteiger partial charge >= 0.3 is 0 Å². The molecule has 1 aliphatic heterocycles. The quantitative estimate of drug-likeness (QED) is 0.785. The van der Waals surface area contributed by atoms with Gasteiger partial charge in [0, 0.05) is 6.54 Å². The smallest absolute Gasteiger partial charge is 0.148 e. The summed E-state index contributed by atoms with van der Waals surface area (Å²) in [7, 11) is 0. The average molecular weight is 210 g/mol. The number of thioether (sulfide) groups is 1. The van der Waals surface area contributed by atoms with Crippen molar-refractivity contribution in [3.8, 4) is 0 Å². The summed E-state index contributed by atoms with van der Waals surface area (Å²) in [6.07, 6.45) is 1.31. The van der Waals surface area contributed by atoms with Crippen LogP contribution in [-0.4, -0.2) is 28.2 Å². The summed E-state index contributed by atoms with van der Waals surface area (Å²) in [5, 5.41) is 11.0. The van der Waals surface area contributed by atoms with Crippen LogP contribution >= 0.6 is 11.8 Å². The maximum atomic E-state index is 5.44. The van der Waals surface area contributed by atoms with E-state index in [1.54, 1.807) is 6.07 Å². The topological polar surface area (TPSA) is 63.8 Å². The molecule has 1 fully saturated rings. The van der Waals surface area contributed by atoms with Gasteiger partial charge in [-0.15, -0.1) is 10.2 Å². The summed E-state index contributed by atoms with van der Waals surface area (Å²) < 4.78 is 0. The highest BCUT2D eigenvalue weighted by molar-refractivity contribution is 7.99. The first-order valence-corrected chi connectivity index (χ1v) is 5.91. The van der Waals surface area contributed by atoms with E-state index in [0.717, 1.165) is 18.3 Å². The molecule has 0 aromatic carbocycles. The summed E-state index contributed by atoms with van der Waals surface area (Å²) in [6, 6.07) is 3.63. The van der Waals surface area contributed by atoms with E-state index in [9.17, 15) is 0 Å². The second kappa shape index (κ2) is 4.50. The van der Waals surface area contributed by atoms with Crippen LogP contribution in [0.2, 0.25) is 0 Å². The largest absolute Gasteiger partial charge is 0.382 e. The zero-order chi connectivity index (χ0) is 9.80. The maximum Gasteiger partial charge on any atom is 0.148 e. The van der Waals surface area contributed by atoms with Crippen molar-refractivity contribution in [3.05, 3.63) is 12.1 Å². The molecule has 0 spiro atoms. The Balaban J connectivity index is 1.82. The highest BCUT2D eigenvalue weighted by Gasteiger charge is 2.14. The molecule has 0 radical (unpaired) electrons. The molecule has 1 aromatic heterocycles. The Labute approximate surface area is 87.7 Å². The van der Waals surface area contributed by atoms with Crippen LogP contribution in [0.15, 0.2) is 12.1 Å². The number of hydrogen-bond donors (Lipinski definition) is 2. The molecular weight excluding hydrogens is 196 g/mol. The third kappa shape index (κ3) is 2.51. The number of anilines is 2. The van der Waals surface area contributed by atoms with Crippen molar-refractivity contribution in [1.29, 1.82) is 0 Å². The molecule has 1 aliphatic rings. The second-order valence-corrected chi connectivity index (χ2v) is 4.60. The summed E-state index contributed by atoms with van der Waals surface area (Å²) >= 11 is 2.02. The normalized spacial score (nSPS) is 21.0. The zero-order valence-corrected chi connectivity index (χ0v) is 8.76. The monoisotopic (exact) mass is 210 g/mol. The van der Waals surface area contributed by atoms with Gasteiger partial charge in [-0.1, -0.05) is 0 Å². The Morgan fingerprint density at radius 1 is 1.50 bits per heavy atom. The molecule has 1 atom stereocenters. The molecule has 0 saturated carbocycles. The van der Waals surface area contributed by atoms with Gasteiger partial charge in [-0.2, -0.15) is 11.8 Å². The number of hydrogen-bond acceptors (Lipinski definition) is 5. The van der Waals surface area contributed by atoms with Gasteiger partial charge in [-0.3, -0.25) is 0 Å². The van der Waals surface area contributed by atoms with E-state index in [1.165, 1.54) is 17.9 Å². The van der Waals surface area contributed by atoms with Gasteiger partial charge in [0.15, 0.2) is 0 Å². The molecule has 2 heterocycles. The molecule has 5 heteroatoms. The maximum absolute atomic E-state index is 5.44. The fourth-order valence-corrected chi connectivity index (χ4v) is 2.71. The van der Waals surface area contributed by atoms with Gasteiger partial charge < -0.3 is 11.1 Å². The molecule has 1 aromatic rings. The number of nitrogens with two attached hydrogens (primary N) is 1. The van der Waals surface area contributed by atoms with Crippen LogP contribution in [0.4, 0.5) is 11.6 Å². The third-order valence-electron chi connectivity index (χ3n) is 2.28. The van der Waals surface area contributed by atoms with Crippen LogP contribution < -0.4 is 11.1 Å². The first-order valence-electron chi connectivity index (χ1n) is 4.75. The molecule has 0 aliphatic carbocycles. The molecule has 0 amide bonds. The predicted molar refractivity (Wildman–Crippen MR) is 60.4 cm³/mol. The number of nitrogens with one attached hydrogen (secondary N) is 1. The lowest BCUT2D eigenvalue weighted by Gasteiger charge is -2.09. The molecule has 76 valence electrons. The van der Waals surface area contributed by atoms with Gasteiger partial charge in [0.25, 0.3) is 0 Å². The summed E-state index contributed by atoms with van der Waals surface area (Å²) in [4.78, 5) is 0. The Hall–Kier alpha value is -0.970. The fourth-order valence-electron chi connectivity index (χ4n) is 1.43. The molecule has 2 rings (SSSR count). The van der Waals surface area contributed by atoms with Crippen LogP contribution in [0.5, 0.6) is 0 Å². The van der Waals surface area contributed by atoms with Crippen molar-refractivity contribution in [1.82, 2.24) is 10.2 Å². The van der Waals surface area contributed by atoms with E-state index in [0.29, 0.717) is 5.82 Å². The van der Waals surface area contributed by atoms with Gasteiger partial charge in [0.2, 0.25) is 0 Å². The van der Waals surface area contributed by atoms with Gasteiger partial charge in [0.05, 0.1) is 0 Å². The van der Waals surface area contributed by atoms with Crippen molar-refractivity contribution in [2.75, 3.05) is 29.1 Å². The standard InChI is InChI=1S/C9H14N4S/c10-8-1-2-9(13-12-8)11-5-7-3-4-14-6-7/h1-2,7H,3-6H2,(H2,10,12)(H,11,13). The van der Waals surface area contributed by atoms with Crippen LogP contribution in [0, 0.1) is 5.92 Å². The van der Waals surface area contributed by atoms with Crippen LogP contribution in [0.3, 0.4) is 0 Å². The lowest BCUT2D eigenvalue weighted by atomic mass is 10.1. The van der Waals surface area contributed by atoms with E-state index >= 15 is 0 Å². The van der Waals surface area contributed by atoms with E-state index in [-0.39, 0.29) is 0 Å². The van der Waals surface area contributed by atoms with Gasteiger partial charge in [-0.05, 0) is 36.0 Å². The second-order valence-electron chi connectivity index (χ2n) is 3.45. The minimum absolute atomic E-state index is 0.465. The van der Waals surface area contributed by atoms with Crippen molar-refractivity contribution >= 4 is 23.4 Å². The highest BCUT2D eigenvalue weighted by atomic mass is 32.2. The lowest BCUT2D eigenvalue weighted by Crippen LogP contribution is -2.14. The third-order valence-corrected chi connectivity index (χ3v) is 3.51. The van der Waals surface area contributed by atoms with E-state index in [4.69, 9.17) is 5.73 Å². The zero-order valence-electron chi connectivity index (χ0n) is 7.94. The van der Waals surface area contributed by atoms with Crippen molar-refractivity contribution in [3.63, 3.8) is 0 Å². The number of aromatic nitrogens is 2. The van der Waals surface area contributed by atoms with Crippen molar-refractivity contribution in [2.24, 2.45) is 5.92 Å². The highest BCUT2D eigenvalue weighted by Crippen LogP contribution is 2.23. The number of rotatable bonds is 3. The van der Waals surface area contributed by atoms with Crippen LogP contribution in [-0.2, 0) is 0 Å². The van der Waals surface area contributed by atoms with Gasteiger partial charge in [-0.25, -0.2) is 0 Å². The molecule has 3 N–H and O–H groups in total. The minimum atomic E-state index is 0.465. The average Bonchev–Trinajstić information content (AvgIpc) is 2.70. The summed E-state index contributed by atoms with van der Waals surface area (Å²) in [5.74, 6) is 4.61. The Kier molecular flexibility index (Phi) is 3.08. The van der Waals surface area contributed by atoms with E-state index < -0.39 is 0 Å². The molecule has 0 bridgehead atoms. The molecule has 1 unspecified atom stereocenters. The molecule has 1 saturated heterocycles. The van der Waals surface area contributed by atoms with Crippen LogP contribution in [0.1, 0.15) is 6.42 Å². The minimum Gasteiger partial charge on any atom is -0.382 e. The first kappa shape index (κ1) is 9.58. The Morgan fingerprint density at radius 2 is 2.43 bits per heavy atom. The molecular formula is C9H14N4S. The number of nitrogen functional groups attached to an aromatic ring is 1. The molecule has 14 heavy (non-hydrogen) atoms. The van der Waals surface area contributed by atoms with Crippen LogP contribution in [0.25, 0.3) is 0 Å². The lowest BCUT2D eigenvalue weighted by molar-refractivity contribution is 0.630. The summed E-state index contributed by atoms with van der Waals surface area (Å²) in [6.45, 7) is 0.992. The van der Waals surface area contributed by atoms with Crippen molar-refractivity contribution < 1.29 is 0 Å². The van der Waals surface area contributed by atoms with Crippen molar-refractivity contribution in [2.45, 2.75) is 6.42 Å². The fraction of sp³-hybridized carbons (Fsp3) is 0.556. The Bertz CT molecular complexity index is 281. The Morgan fingerprint density at radius 3 is 3.07 bits per heavy atom. The van der Waals surface area contributed by atoms with Gasteiger partial charge in [0.1, 0.15) is 11.6 Å². The summed E-state index contributed by atoms with van der Waals surface area (Å²) in [5.41, 5.74) is 5.44. The predicted octanol–water partition coefficient (Wildman–Crippen LogP) is 1.22. The SMILES string of the molecule is Nc1ccc(NCC2CCSC2)nn1. The molecule has 4 nitrogen and oxygen atoms in total.